The van der Waals surface area contributed by atoms with E-state index in [0.717, 1.165) is 32.7 Å². The van der Waals surface area contributed by atoms with E-state index in [2.05, 4.69) is 40.4 Å². The highest BCUT2D eigenvalue weighted by atomic mass is 32.1. The van der Waals surface area contributed by atoms with Crippen LogP contribution in [0.25, 0.3) is 0 Å². The lowest BCUT2D eigenvalue weighted by Crippen LogP contribution is -2.24. The van der Waals surface area contributed by atoms with Gasteiger partial charge in [0, 0.05) is 43.9 Å². The van der Waals surface area contributed by atoms with E-state index in [4.69, 9.17) is 4.74 Å². The zero-order valence-corrected chi connectivity index (χ0v) is 12.6. The Morgan fingerprint density at radius 2 is 2.50 bits per heavy atom. The first-order chi connectivity index (χ1) is 9.86. The fourth-order valence-electron chi connectivity index (χ4n) is 2.71. The number of hydrogen-bond acceptors (Lipinski definition) is 4. The molecule has 0 spiro atoms. The monoisotopic (exact) mass is 291 g/mol. The van der Waals surface area contributed by atoms with E-state index in [9.17, 15) is 0 Å². The van der Waals surface area contributed by atoms with Crippen LogP contribution in [0.3, 0.4) is 0 Å². The van der Waals surface area contributed by atoms with Crippen LogP contribution in [0, 0.1) is 5.92 Å². The molecular weight excluding hydrogens is 270 g/mol. The van der Waals surface area contributed by atoms with Gasteiger partial charge in [-0.1, -0.05) is 0 Å². The Morgan fingerprint density at radius 3 is 3.25 bits per heavy atom. The number of nitrogens with one attached hydrogen (secondary N) is 1. The van der Waals surface area contributed by atoms with Crippen molar-refractivity contribution in [2.45, 2.75) is 32.5 Å². The Hall–Kier alpha value is -1.17. The summed E-state index contributed by atoms with van der Waals surface area (Å²) in [4.78, 5) is 0. The Kier molecular flexibility index (Phi) is 4.50. The van der Waals surface area contributed by atoms with E-state index in [-0.39, 0.29) is 6.10 Å². The highest BCUT2D eigenvalue weighted by molar-refractivity contribution is 7.07. The molecule has 4 nitrogen and oxygen atoms in total. The van der Waals surface area contributed by atoms with Crippen LogP contribution in [0.1, 0.15) is 30.6 Å². The van der Waals surface area contributed by atoms with Crippen LogP contribution in [0.4, 0.5) is 0 Å². The van der Waals surface area contributed by atoms with Crippen LogP contribution in [0.5, 0.6) is 0 Å². The largest absolute Gasteiger partial charge is 0.373 e. The number of nitrogens with zero attached hydrogens (tertiary/aromatic N) is 2. The van der Waals surface area contributed by atoms with Crippen LogP contribution >= 0.6 is 11.3 Å². The molecule has 1 saturated heterocycles. The topological polar surface area (TPSA) is 39.1 Å². The molecule has 3 rings (SSSR count). The van der Waals surface area contributed by atoms with Gasteiger partial charge >= 0.3 is 0 Å². The normalized spacial score (nSPS) is 22.4. The highest BCUT2D eigenvalue weighted by Crippen LogP contribution is 2.33. The van der Waals surface area contributed by atoms with Gasteiger partial charge in [0.1, 0.15) is 0 Å². The van der Waals surface area contributed by atoms with Gasteiger partial charge in [-0.3, -0.25) is 4.68 Å². The van der Waals surface area contributed by atoms with Gasteiger partial charge in [0.05, 0.1) is 12.3 Å². The number of ether oxygens (including phenoxy) is 1. The second-order valence-corrected chi connectivity index (χ2v) is 6.01. The van der Waals surface area contributed by atoms with Crippen molar-refractivity contribution in [2.75, 3.05) is 13.2 Å². The SMILES string of the molecule is CCn1cc(C2OCCC2CNCc2ccsc2)cn1. The van der Waals surface area contributed by atoms with Crippen molar-refractivity contribution in [3.8, 4) is 0 Å². The third kappa shape index (κ3) is 3.11. The smallest absolute Gasteiger partial charge is 0.0896 e. The zero-order valence-electron chi connectivity index (χ0n) is 11.8. The molecule has 2 unspecified atom stereocenters. The van der Waals surface area contributed by atoms with Crippen molar-refractivity contribution >= 4 is 11.3 Å². The molecule has 108 valence electrons. The Bertz CT molecular complexity index is 523. The summed E-state index contributed by atoms with van der Waals surface area (Å²) in [7, 11) is 0. The molecule has 2 aromatic heterocycles. The number of rotatable bonds is 6. The molecule has 20 heavy (non-hydrogen) atoms. The maximum atomic E-state index is 5.91. The van der Waals surface area contributed by atoms with E-state index >= 15 is 0 Å². The first-order valence-electron chi connectivity index (χ1n) is 7.22. The second kappa shape index (κ2) is 6.52. The Labute approximate surface area is 123 Å². The van der Waals surface area contributed by atoms with Gasteiger partial charge in [-0.25, -0.2) is 0 Å². The van der Waals surface area contributed by atoms with Crippen LogP contribution in [0.2, 0.25) is 0 Å². The lowest BCUT2D eigenvalue weighted by molar-refractivity contribution is 0.0904. The summed E-state index contributed by atoms with van der Waals surface area (Å²) >= 11 is 1.75. The van der Waals surface area contributed by atoms with Crippen molar-refractivity contribution in [2.24, 2.45) is 5.92 Å². The summed E-state index contributed by atoms with van der Waals surface area (Å²) < 4.78 is 7.87. The molecule has 5 heteroatoms. The van der Waals surface area contributed by atoms with Gasteiger partial charge in [0.25, 0.3) is 0 Å². The first-order valence-corrected chi connectivity index (χ1v) is 8.17. The number of aryl methyl sites for hydroxylation is 1. The van der Waals surface area contributed by atoms with Gasteiger partial charge < -0.3 is 10.1 Å². The predicted octanol–water partition coefficient (Wildman–Crippen LogP) is 2.83. The Morgan fingerprint density at radius 1 is 1.55 bits per heavy atom. The van der Waals surface area contributed by atoms with Crippen LogP contribution in [-0.2, 0) is 17.8 Å². The molecule has 1 aliphatic rings. The van der Waals surface area contributed by atoms with Gasteiger partial charge in [-0.05, 0) is 35.7 Å². The fourth-order valence-corrected chi connectivity index (χ4v) is 3.37. The van der Waals surface area contributed by atoms with Crippen LogP contribution in [0.15, 0.2) is 29.2 Å². The van der Waals surface area contributed by atoms with Crippen molar-refractivity contribution in [1.82, 2.24) is 15.1 Å². The average molecular weight is 291 g/mol. The van der Waals surface area contributed by atoms with Crippen molar-refractivity contribution < 1.29 is 4.74 Å². The van der Waals surface area contributed by atoms with Crippen LogP contribution < -0.4 is 5.32 Å². The predicted molar refractivity (Wildman–Crippen MR) is 80.7 cm³/mol. The van der Waals surface area contributed by atoms with Gasteiger partial charge in [-0.15, -0.1) is 0 Å². The number of hydrogen-bond donors (Lipinski definition) is 1. The van der Waals surface area contributed by atoms with Gasteiger partial charge in [-0.2, -0.15) is 16.4 Å². The third-order valence-electron chi connectivity index (χ3n) is 3.84. The summed E-state index contributed by atoms with van der Waals surface area (Å²) in [5.41, 5.74) is 2.58. The molecule has 0 saturated carbocycles. The van der Waals surface area contributed by atoms with Crippen molar-refractivity contribution in [3.05, 3.63) is 40.3 Å². The molecule has 1 aliphatic heterocycles. The van der Waals surface area contributed by atoms with E-state index in [1.54, 1.807) is 11.3 Å². The maximum absolute atomic E-state index is 5.91. The van der Waals surface area contributed by atoms with Gasteiger partial charge in [0.15, 0.2) is 0 Å². The lowest BCUT2D eigenvalue weighted by Gasteiger charge is -2.17. The molecule has 0 aliphatic carbocycles. The third-order valence-corrected chi connectivity index (χ3v) is 4.57. The molecule has 0 aromatic carbocycles. The lowest BCUT2D eigenvalue weighted by atomic mass is 9.97. The number of aromatic nitrogens is 2. The molecule has 1 N–H and O–H groups in total. The van der Waals surface area contributed by atoms with Crippen molar-refractivity contribution in [1.29, 1.82) is 0 Å². The molecule has 2 atom stereocenters. The standard InChI is InChI=1S/C15H21N3OS/c1-2-18-10-14(9-17-18)15-13(3-5-19-15)8-16-7-12-4-6-20-11-12/h4,6,9-11,13,15-16H,2-3,5,7-8H2,1H3. The summed E-state index contributed by atoms with van der Waals surface area (Å²) in [5.74, 6) is 0.545. The fraction of sp³-hybridized carbons (Fsp3) is 0.533. The summed E-state index contributed by atoms with van der Waals surface area (Å²) in [6, 6.07) is 2.17. The minimum atomic E-state index is 0.199. The molecule has 3 heterocycles. The molecule has 1 fully saturated rings. The Balaban J connectivity index is 1.55. The maximum Gasteiger partial charge on any atom is 0.0896 e. The molecule has 0 amide bonds. The molecular formula is C15H21N3OS. The summed E-state index contributed by atoms with van der Waals surface area (Å²) in [6.45, 7) is 5.81. The summed E-state index contributed by atoms with van der Waals surface area (Å²) in [6.07, 6.45) is 5.39. The molecule has 0 radical (unpaired) electrons. The summed E-state index contributed by atoms with van der Waals surface area (Å²) in [5, 5.41) is 12.2. The van der Waals surface area contributed by atoms with E-state index < -0.39 is 0 Å². The first kappa shape index (κ1) is 13.8. The second-order valence-electron chi connectivity index (χ2n) is 5.23. The molecule has 2 aromatic rings. The quantitative estimate of drug-likeness (QED) is 0.889. The zero-order chi connectivity index (χ0) is 13.8. The van der Waals surface area contributed by atoms with Crippen LogP contribution in [-0.4, -0.2) is 22.9 Å². The molecule has 0 bridgehead atoms. The highest BCUT2D eigenvalue weighted by Gasteiger charge is 2.30. The van der Waals surface area contributed by atoms with Gasteiger partial charge in [0.2, 0.25) is 0 Å². The van der Waals surface area contributed by atoms with Crippen molar-refractivity contribution in [3.63, 3.8) is 0 Å². The van der Waals surface area contributed by atoms with E-state index in [1.165, 1.54) is 11.1 Å². The minimum Gasteiger partial charge on any atom is -0.373 e. The van der Waals surface area contributed by atoms with E-state index in [0.29, 0.717) is 5.92 Å². The minimum absolute atomic E-state index is 0.199. The average Bonchev–Trinajstić information content (AvgIpc) is 3.20. The van der Waals surface area contributed by atoms with E-state index in [1.807, 2.05) is 10.9 Å². The number of thiophene rings is 1.